The Balaban J connectivity index is 0.000000145. The van der Waals surface area contributed by atoms with Crippen LogP contribution < -0.4 is 30.8 Å². The number of piperidine rings is 2. The molecule has 0 unspecified atom stereocenters. The number of aromatic nitrogens is 8. The summed E-state index contributed by atoms with van der Waals surface area (Å²) in [5, 5.41) is 0.260. The van der Waals surface area contributed by atoms with Crippen LogP contribution >= 0.6 is 11.6 Å². The van der Waals surface area contributed by atoms with Crippen molar-refractivity contribution >= 4 is 65.9 Å². The van der Waals surface area contributed by atoms with E-state index in [9.17, 15) is 17.6 Å². The summed E-state index contributed by atoms with van der Waals surface area (Å²) in [6.07, 6.45) is 3.01. The second kappa shape index (κ2) is 23.8. The van der Waals surface area contributed by atoms with Gasteiger partial charge < -0.3 is 58.5 Å². The molecule has 21 nitrogen and oxygen atoms in total. The molecule has 0 saturated carbocycles. The number of ether oxygens (including phenoxy) is 4. The smallest absolute Gasteiger partial charge is 0.399 e. The van der Waals surface area contributed by atoms with Gasteiger partial charge in [-0.25, -0.2) is 32.5 Å². The molecule has 0 amide bonds. The average molecular weight is 1110 g/mol. The minimum atomic E-state index is -2.73. The lowest BCUT2D eigenvalue weighted by atomic mass is 9.77. The van der Waals surface area contributed by atoms with Gasteiger partial charge in [0.1, 0.15) is 5.82 Å². The van der Waals surface area contributed by atoms with Gasteiger partial charge in [0.05, 0.1) is 82.5 Å². The van der Waals surface area contributed by atoms with Crippen molar-refractivity contribution < 1.29 is 45.8 Å². The molecule has 0 aromatic carbocycles. The van der Waals surface area contributed by atoms with Crippen molar-refractivity contribution in [3.63, 3.8) is 0 Å². The van der Waals surface area contributed by atoms with E-state index in [-0.39, 0.29) is 62.4 Å². The number of anilines is 5. The van der Waals surface area contributed by atoms with Crippen molar-refractivity contribution in [1.82, 2.24) is 44.8 Å². The summed E-state index contributed by atoms with van der Waals surface area (Å²) in [6, 6.07) is 2.75. The first-order chi connectivity index (χ1) is 37.1. The maximum atomic E-state index is 13.8. The number of halogens is 5. The summed E-state index contributed by atoms with van der Waals surface area (Å²) < 4.78 is 88.0. The molecule has 2 N–H and O–H groups in total. The Bertz CT molecular complexity index is 2710. The summed E-state index contributed by atoms with van der Waals surface area (Å²) in [7, 11) is 2.70. The van der Waals surface area contributed by atoms with Gasteiger partial charge in [-0.05, 0) is 91.0 Å². The fourth-order valence-electron chi connectivity index (χ4n) is 10.0. The summed E-state index contributed by atoms with van der Waals surface area (Å²) in [5.74, 6) is 2.73. The predicted octanol–water partition coefficient (Wildman–Crippen LogP) is 6.20. The summed E-state index contributed by atoms with van der Waals surface area (Å²) >= 11 is 6.16. The van der Waals surface area contributed by atoms with E-state index >= 15 is 0 Å². The lowest BCUT2D eigenvalue weighted by molar-refractivity contribution is -0.124. The molecule has 7 fully saturated rings. The third-order valence-electron chi connectivity index (χ3n) is 15.8. The van der Waals surface area contributed by atoms with Crippen LogP contribution in [0.3, 0.4) is 0 Å². The highest BCUT2D eigenvalue weighted by Crippen LogP contribution is 2.42. The van der Waals surface area contributed by atoms with Crippen LogP contribution in [0, 0.1) is 10.8 Å². The Morgan fingerprint density at radius 1 is 0.667 bits per heavy atom. The number of pyridine rings is 2. The lowest BCUT2D eigenvalue weighted by Gasteiger charge is -2.47. The number of nitrogens with zero attached hydrogens (tertiary/aromatic N) is 14. The predicted molar refractivity (Wildman–Crippen MR) is 289 cm³/mol. The third-order valence-corrected chi connectivity index (χ3v) is 16.0. The van der Waals surface area contributed by atoms with Crippen LogP contribution in [0.4, 0.5) is 53.0 Å². The molecule has 11 rings (SSSR count). The van der Waals surface area contributed by atoms with Gasteiger partial charge in [0.2, 0.25) is 29.1 Å². The van der Waals surface area contributed by atoms with Gasteiger partial charge in [-0.15, -0.1) is 0 Å². The largest absolute Gasteiger partial charge is 0.496 e. The summed E-state index contributed by atoms with van der Waals surface area (Å²) in [4.78, 5) is 49.7. The molecule has 2 spiro atoms. The maximum absolute atomic E-state index is 13.8. The Labute approximate surface area is 458 Å². The van der Waals surface area contributed by atoms with E-state index in [1.165, 1.54) is 30.9 Å². The Hall–Kier alpha value is -5.38. The van der Waals surface area contributed by atoms with E-state index in [0.717, 1.165) is 84.8 Å². The number of morpholine rings is 2. The highest BCUT2D eigenvalue weighted by molar-refractivity contribution is 6.62. The number of hydrogen-bond donors (Lipinski definition) is 1. The normalized spacial score (nSPS) is 23.2. The maximum Gasteiger partial charge on any atom is 0.496 e. The van der Waals surface area contributed by atoms with Crippen LogP contribution in [0.5, 0.6) is 0 Å². The van der Waals surface area contributed by atoms with Crippen LogP contribution in [0.2, 0.25) is 5.28 Å². The van der Waals surface area contributed by atoms with E-state index < -0.39 is 31.2 Å². The van der Waals surface area contributed by atoms with Crippen molar-refractivity contribution in [2.75, 3.05) is 132 Å². The Kier molecular flexibility index (Phi) is 17.5. The van der Waals surface area contributed by atoms with Gasteiger partial charge in [-0.3, -0.25) is 0 Å². The molecule has 0 bridgehead atoms. The average Bonchev–Trinajstić information content (AvgIpc) is 3.63. The van der Waals surface area contributed by atoms with Crippen LogP contribution in [-0.2, 0) is 28.3 Å². The molecule has 7 aliphatic heterocycles. The zero-order chi connectivity index (χ0) is 55.6. The quantitative estimate of drug-likeness (QED) is 0.0810. The van der Waals surface area contributed by atoms with E-state index in [4.69, 9.17) is 50.6 Å². The molecular weight excluding hydrogens is 1040 g/mol. The zero-order valence-corrected chi connectivity index (χ0v) is 46.4. The van der Waals surface area contributed by atoms with Gasteiger partial charge in [0, 0.05) is 98.7 Å². The van der Waals surface area contributed by atoms with Crippen molar-refractivity contribution in [2.45, 2.75) is 103 Å². The fourth-order valence-corrected chi connectivity index (χ4v) is 10.2. The second-order valence-corrected chi connectivity index (χ2v) is 22.8. The van der Waals surface area contributed by atoms with Gasteiger partial charge in [-0.1, -0.05) is 0 Å². The number of alkyl halides is 4. The minimum Gasteiger partial charge on any atom is -0.399 e. The summed E-state index contributed by atoms with van der Waals surface area (Å²) in [5.41, 5.74) is 5.12. The highest BCUT2D eigenvalue weighted by atomic mass is 35.5. The molecule has 424 valence electrons. The number of nitrogens with two attached hydrogens (primary N) is 1. The molecule has 78 heavy (non-hydrogen) atoms. The Morgan fingerprint density at radius 3 is 1.63 bits per heavy atom. The monoisotopic (exact) mass is 1110 g/mol. The molecule has 2 atom stereocenters. The Morgan fingerprint density at radius 2 is 1.15 bits per heavy atom. The van der Waals surface area contributed by atoms with Gasteiger partial charge in [0.15, 0.2) is 11.6 Å². The van der Waals surface area contributed by atoms with Gasteiger partial charge in [0.25, 0.3) is 12.9 Å². The molecule has 4 aromatic rings. The van der Waals surface area contributed by atoms with Crippen molar-refractivity contribution in [1.29, 1.82) is 0 Å². The molecule has 7 aliphatic rings. The number of hydrogen-bond acceptors (Lipinski definition) is 20. The lowest BCUT2D eigenvalue weighted by Crippen LogP contribution is -2.51. The molecule has 4 aromatic heterocycles. The van der Waals surface area contributed by atoms with Gasteiger partial charge >= 0.3 is 7.12 Å². The van der Waals surface area contributed by atoms with Crippen LogP contribution in [-0.4, -0.2) is 188 Å². The van der Waals surface area contributed by atoms with E-state index in [0.29, 0.717) is 62.2 Å². The molecule has 11 heterocycles. The van der Waals surface area contributed by atoms with E-state index in [1.54, 1.807) is 19.0 Å². The summed E-state index contributed by atoms with van der Waals surface area (Å²) in [6.45, 7) is 22.4. The van der Waals surface area contributed by atoms with E-state index in [2.05, 4.69) is 61.5 Å². The van der Waals surface area contributed by atoms with E-state index in [1.807, 2.05) is 39.5 Å². The van der Waals surface area contributed by atoms with Crippen molar-refractivity contribution in [3.8, 4) is 11.4 Å². The molecule has 27 heteroatoms. The fraction of sp³-hybridized carbons (Fsp3) is 0.667. The zero-order valence-electron chi connectivity index (χ0n) is 45.7. The van der Waals surface area contributed by atoms with Crippen LogP contribution in [0.1, 0.15) is 91.2 Å². The molecule has 0 aliphatic carbocycles. The third kappa shape index (κ3) is 12.9. The van der Waals surface area contributed by atoms with Gasteiger partial charge in [-0.2, -0.15) is 29.9 Å². The van der Waals surface area contributed by atoms with Crippen LogP contribution in [0.25, 0.3) is 11.4 Å². The molecule has 0 radical (unpaired) electrons. The SMILES string of the molecule is CN(C)C=Nc1cc(C(F)F)c(B2OC(C)(C)C(C)(C)O2)cn1.C[C@@H]1COCCN1c1nc(-c2cnc(N)cc2C(F)F)nc(N2CCC3(CC2)COC3)n1.C[C@@H]1COCCN1c1nc(Cl)nc(N2CCC3(CC2)COC3)n1. The first-order valence-electron chi connectivity index (χ1n) is 26.5. The topological polar surface area (TPSA) is 213 Å². The standard InChI is InChI=1S/C21H27F2N7O2.C15H22BF2N3O2.C15H22ClN5O2/c1-13-10-31-7-6-30(13)20-27-18(15-9-25-16(24)8-14(15)17(22)23)26-19(28-20)29-4-2-21(3-5-29)11-32-12-21;1-14(2)15(3,4)23-16(22-14)11-8-19-12(20-9-21(5)6)7-10(11)13(17)18;1-11-8-22-7-6-21(11)14-18-12(16)17-13(19-14)20-4-2-15(3-5-20)9-23-10-15/h8-9,13,17H,2-7,10-12H2,1H3,(H2,24,25);7-9,13H,1-6H3;11H,2-10H2,1H3/t13-;;11-/m1.1/s1. The number of nitrogen functional groups attached to an aromatic ring is 1. The highest BCUT2D eigenvalue weighted by Gasteiger charge is 2.53. The first-order valence-corrected chi connectivity index (χ1v) is 26.9. The number of rotatable bonds is 10. The minimum absolute atomic E-state index is 0.0319. The molecular formula is C51H71BClF4N15O6. The van der Waals surface area contributed by atoms with Crippen molar-refractivity contribution in [3.05, 3.63) is 40.9 Å². The second-order valence-electron chi connectivity index (χ2n) is 22.4. The van der Waals surface area contributed by atoms with Crippen LogP contribution in [0.15, 0.2) is 29.5 Å². The number of aliphatic imine (C=N–C) groups is 1. The molecule has 7 saturated heterocycles. The first kappa shape index (κ1) is 57.3. The van der Waals surface area contributed by atoms with Crippen molar-refractivity contribution in [2.24, 2.45) is 15.8 Å².